The Balaban J connectivity index is 1.80. The van der Waals surface area contributed by atoms with E-state index in [-0.39, 0.29) is 11.8 Å². The maximum atomic E-state index is 12.5. The third-order valence-electron chi connectivity index (χ3n) is 4.62. The maximum absolute atomic E-state index is 12.5. The molecule has 0 unspecified atom stereocenters. The molecule has 0 aliphatic carbocycles. The van der Waals surface area contributed by atoms with Gasteiger partial charge in [0, 0.05) is 29.3 Å². The summed E-state index contributed by atoms with van der Waals surface area (Å²) in [4.78, 5) is 25.0. The normalized spacial score (nSPS) is 10.5. The molecule has 32 heavy (non-hydrogen) atoms. The Bertz CT molecular complexity index is 1130. The van der Waals surface area contributed by atoms with Crippen molar-refractivity contribution in [2.24, 2.45) is 0 Å². The quantitative estimate of drug-likeness (QED) is 0.508. The second-order valence-electron chi connectivity index (χ2n) is 6.64. The van der Waals surface area contributed by atoms with Gasteiger partial charge in [-0.1, -0.05) is 36.4 Å². The molecule has 0 aromatic heterocycles. The minimum atomic E-state index is -0.364. The highest BCUT2D eigenvalue weighted by atomic mass is 16.5. The molecule has 0 radical (unpaired) electrons. The van der Waals surface area contributed by atoms with E-state index in [9.17, 15) is 9.59 Å². The Morgan fingerprint density at radius 3 is 1.91 bits per heavy atom. The SMILES string of the molecule is COc1ccccc1/C=C/C(=O)Nc1cc(OC)c(NC(=O)c2ccccc2)cc1OC. The highest BCUT2D eigenvalue weighted by Crippen LogP contribution is 2.36. The summed E-state index contributed by atoms with van der Waals surface area (Å²) in [7, 11) is 4.53. The highest BCUT2D eigenvalue weighted by molar-refractivity contribution is 6.06. The molecule has 0 saturated heterocycles. The summed E-state index contributed by atoms with van der Waals surface area (Å²) < 4.78 is 16.1. The number of para-hydroxylation sites is 1. The zero-order valence-corrected chi connectivity index (χ0v) is 18.0. The largest absolute Gasteiger partial charge is 0.496 e. The molecule has 2 amide bonds. The van der Waals surface area contributed by atoms with E-state index in [4.69, 9.17) is 14.2 Å². The van der Waals surface area contributed by atoms with Gasteiger partial charge in [-0.25, -0.2) is 0 Å². The Morgan fingerprint density at radius 2 is 1.28 bits per heavy atom. The van der Waals surface area contributed by atoms with E-state index in [1.54, 1.807) is 49.6 Å². The first-order valence-corrected chi connectivity index (χ1v) is 9.80. The van der Waals surface area contributed by atoms with Crippen LogP contribution in [0.5, 0.6) is 17.2 Å². The number of benzene rings is 3. The summed E-state index contributed by atoms with van der Waals surface area (Å²) in [6.45, 7) is 0. The Hall–Kier alpha value is -4.26. The van der Waals surface area contributed by atoms with Crippen molar-refractivity contribution in [2.45, 2.75) is 0 Å². The fourth-order valence-corrected chi connectivity index (χ4v) is 3.02. The van der Waals surface area contributed by atoms with Crippen LogP contribution >= 0.6 is 0 Å². The standard InChI is InChI=1S/C25H24N2O5/c1-30-21-12-8-7-9-17(21)13-14-24(28)26-19-15-23(32-3)20(16-22(19)31-2)27-25(29)18-10-5-4-6-11-18/h4-16H,1-3H3,(H,26,28)(H,27,29)/b14-13+. The van der Waals surface area contributed by atoms with Crippen LogP contribution in [0.4, 0.5) is 11.4 Å². The molecule has 0 aliphatic rings. The topological polar surface area (TPSA) is 85.9 Å². The Labute approximate surface area is 186 Å². The molecule has 0 aliphatic heterocycles. The summed E-state index contributed by atoms with van der Waals surface area (Å²) in [5, 5.41) is 5.58. The summed E-state index contributed by atoms with van der Waals surface area (Å²) in [6, 6.07) is 19.4. The number of ether oxygens (including phenoxy) is 3. The van der Waals surface area contributed by atoms with Crippen molar-refractivity contribution >= 4 is 29.3 Å². The van der Waals surface area contributed by atoms with Crippen molar-refractivity contribution in [1.82, 2.24) is 0 Å². The highest BCUT2D eigenvalue weighted by Gasteiger charge is 2.15. The van der Waals surface area contributed by atoms with E-state index in [2.05, 4.69) is 10.6 Å². The van der Waals surface area contributed by atoms with Gasteiger partial charge in [-0.3, -0.25) is 9.59 Å². The van der Waals surface area contributed by atoms with Gasteiger partial charge in [-0.15, -0.1) is 0 Å². The number of amides is 2. The smallest absolute Gasteiger partial charge is 0.255 e. The van der Waals surface area contributed by atoms with Crippen molar-refractivity contribution in [2.75, 3.05) is 32.0 Å². The molecule has 7 nitrogen and oxygen atoms in total. The molecule has 0 heterocycles. The molecule has 0 fully saturated rings. The predicted octanol–water partition coefficient (Wildman–Crippen LogP) is 4.62. The second kappa shape index (κ2) is 10.7. The number of carbonyl (C=O) groups is 2. The molecule has 3 rings (SSSR count). The molecular formula is C25H24N2O5. The van der Waals surface area contributed by atoms with Gasteiger partial charge in [-0.2, -0.15) is 0 Å². The average molecular weight is 432 g/mol. The molecule has 0 spiro atoms. The van der Waals surface area contributed by atoms with E-state index >= 15 is 0 Å². The van der Waals surface area contributed by atoms with Crippen LogP contribution in [0.3, 0.4) is 0 Å². The first-order valence-electron chi connectivity index (χ1n) is 9.80. The molecule has 7 heteroatoms. The van der Waals surface area contributed by atoms with Crippen LogP contribution in [-0.2, 0) is 4.79 Å². The zero-order chi connectivity index (χ0) is 22.9. The van der Waals surface area contributed by atoms with E-state index in [1.165, 1.54) is 20.3 Å². The van der Waals surface area contributed by atoms with E-state index in [1.807, 2.05) is 30.3 Å². The third-order valence-corrected chi connectivity index (χ3v) is 4.62. The van der Waals surface area contributed by atoms with Crippen molar-refractivity contribution in [1.29, 1.82) is 0 Å². The van der Waals surface area contributed by atoms with E-state index in [0.717, 1.165) is 5.56 Å². The average Bonchev–Trinajstić information content (AvgIpc) is 2.83. The van der Waals surface area contributed by atoms with E-state index < -0.39 is 0 Å². The van der Waals surface area contributed by atoms with Gasteiger partial charge in [0.2, 0.25) is 5.91 Å². The molecule has 0 bridgehead atoms. The van der Waals surface area contributed by atoms with Gasteiger partial charge in [0.25, 0.3) is 5.91 Å². The third kappa shape index (κ3) is 5.46. The van der Waals surface area contributed by atoms with Crippen molar-refractivity contribution in [3.05, 3.63) is 83.9 Å². The molecule has 0 saturated carbocycles. The number of anilines is 2. The van der Waals surface area contributed by atoms with Gasteiger partial charge >= 0.3 is 0 Å². The van der Waals surface area contributed by atoms with Gasteiger partial charge in [0.15, 0.2) is 0 Å². The van der Waals surface area contributed by atoms with Crippen molar-refractivity contribution in [3.8, 4) is 17.2 Å². The fraction of sp³-hybridized carbons (Fsp3) is 0.120. The lowest BCUT2D eigenvalue weighted by molar-refractivity contribution is -0.111. The number of hydrogen-bond donors (Lipinski definition) is 2. The molecule has 3 aromatic rings. The van der Waals surface area contributed by atoms with E-state index in [0.29, 0.717) is 34.2 Å². The van der Waals surface area contributed by atoms with Crippen LogP contribution in [0.25, 0.3) is 6.08 Å². The fourth-order valence-electron chi connectivity index (χ4n) is 3.02. The number of rotatable bonds is 8. The molecule has 164 valence electrons. The number of carbonyl (C=O) groups excluding carboxylic acids is 2. The molecule has 3 aromatic carbocycles. The van der Waals surface area contributed by atoms with Gasteiger partial charge in [-0.05, 0) is 24.3 Å². The van der Waals surface area contributed by atoms with Gasteiger partial charge in [0.1, 0.15) is 17.2 Å². The minimum absolute atomic E-state index is 0.289. The monoisotopic (exact) mass is 432 g/mol. The lowest BCUT2D eigenvalue weighted by Crippen LogP contribution is -2.14. The molecule has 0 atom stereocenters. The summed E-state index contributed by atoms with van der Waals surface area (Å²) in [5.74, 6) is 0.751. The Kier molecular flexibility index (Phi) is 7.48. The second-order valence-corrected chi connectivity index (χ2v) is 6.64. The van der Waals surface area contributed by atoms with Crippen LogP contribution in [0.2, 0.25) is 0 Å². The van der Waals surface area contributed by atoms with Crippen molar-refractivity contribution in [3.63, 3.8) is 0 Å². The van der Waals surface area contributed by atoms with Crippen molar-refractivity contribution < 1.29 is 23.8 Å². The first kappa shape index (κ1) is 22.4. The Morgan fingerprint density at radius 1 is 0.719 bits per heavy atom. The van der Waals surface area contributed by atoms with Crippen LogP contribution in [0, 0.1) is 0 Å². The van der Waals surface area contributed by atoms with Gasteiger partial charge < -0.3 is 24.8 Å². The van der Waals surface area contributed by atoms with Crippen LogP contribution in [0.1, 0.15) is 15.9 Å². The molecule has 2 N–H and O–H groups in total. The summed E-state index contributed by atoms with van der Waals surface area (Å²) in [5.41, 5.74) is 2.10. The lowest BCUT2D eigenvalue weighted by atomic mass is 10.1. The number of nitrogens with one attached hydrogen (secondary N) is 2. The lowest BCUT2D eigenvalue weighted by Gasteiger charge is -2.16. The summed E-state index contributed by atoms with van der Waals surface area (Å²) in [6.07, 6.45) is 3.06. The zero-order valence-electron chi connectivity index (χ0n) is 18.0. The maximum Gasteiger partial charge on any atom is 0.255 e. The summed E-state index contributed by atoms with van der Waals surface area (Å²) >= 11 is 0. The van der Waals surface area contributed by atoms with Crippen LogP contribution in [0.15, 0.2) is 72.8 Å². The van der Waals surface area contributed by atoms with Crippen LogP contribution in [-0.4, -0.2) is 33.1 Å². The first-order chi connectivity index (χ1) is 15.5. The minimum Gasteiger partial charge on any atom is -0.496 e. The number of methoxy groups -OCH3 is 3. The number of hydrogen-bond acceptors (Lipinski definition) is 5. The van der Waals surface area contributed by atoms with Gasteiger partial charge in [0.05, 0.1) is 32.7 Å². The van der Waals surface area contributed by atoms with Crippen LogP contribution < -0.4 is 24.8 Å². The molecular weight excluding hydrogens is 408 g/mol. The predicted molar refractivity (Wildman–Crippen MR) is 125 cm³/mol.